The number of esters is 1. The fourth-order valence-electron chi connectivity index (χ4n) is 2.08. The van der Waals surface area contributed by atoms with Crippen LogP contribution in [0.2, 0.25) is 0 Å². The first-order valence-electron chi connectivity index (χ1n) is 7.40. The van der Waals surface area contributed by atoms with E-state index in [9.17, 15) is 9.59 Å². The van der Waals surface area contributed by atoms with Crippen LogP contribution in [0.3, 0.4) is 0 Å². The molecule has 1 amide bonds. The molecule has 0 aromatic rings. The van der Waals surface area contributed by atoms with Gasteiger partial charge in [0, 0.05) is 19.6 Å². The molecule has 122 valence electrons. The summed E-state index contributed by atoms with van der Waals surface area (Å²) < 4.78 is 10.7. The standard InChI is InChI=1S/C15H28N2O4/c1-14(2,3)20-12(18)9-11-10-16-7-8-17(11)13(19)21-15(4,5)6/h11,16H,7-10H2,1-6H3. The summed E-state index contributed by atoms with van der Waals surface area (Å²) in [5.41, 5.74) is -1.06. The minimum Gasteiger partial charge on any atom is -0.460 e. The predicted octanol–water partition coefficient (Wildman–Crippen LogP) is 1.93. The number of carbonyl (C=O) groups is 2. The van der Waals surface area contributed by atoms with Gasteiger partial charge in [0.05, 0.1) is 12.5 Å². The highest BCUT2D eigenvalue weighted by molar-refractivity contribution is 5.73. The van der Waals surface area contributed by atoms with Gasteiger partial charge in [-0.2, -0.15) is 0 Å². The highest BCUT2D eigenvalue weighted by Gasteiger charge is 2.32. The highest BCUT2D eigenvalue weighted by Crippen LogP contribution is 2.17. The summed E-state index contributed by atoms with van der Waals surface area (Å²) >= 11 is 0. The van der Waals surface area contributed by atoms with Crippen molar-refractivity contribution in [3.63, 3.8) is 0 Å². The molecule has 1 atom stereocenters. The molecule has 0 spiro atoms. The Hall–Kier alpha value is -1.30. The molecule has 0 aromatic heterocycles. The Labute approximate surface area is 127 Å². The van der Waals surface area contributed by atoms with Gasteiger partial charge in [-0.15, -0.1) is 0 Å². The molecule has 0 aliphatic carbocycles. The van der Waals surface area contributed by atoms with Crippen molar-refractivity contribution in [3.8, 4) is 0 Å². The summed E-state index contributed by atoms with van der Waals surface area (Å²) in [5, 5.41) is 3.19. The molecule has 1 saturated heterocycles. The molecule has 0 bridgehead atoms. The lowest BCUT2D eigenvalue weighted by molar-refractivity contribution is -0.156. The van der Waals surface area contributed by atoms with Crippen LogP contribution in [0.25, 0.3) is 0 Å². The Kier molecular flexibility index (Phi) is 5.61. The SMILES string of the molecule is CC(C)(C)OC(=O)CC1CNCCN1C(=O)OC(C)(C)C. The lowest BCUT2D eigenvalue weighted by atomic mass is 10.1. The number of hydrogen-bond acceptors (Lipinski definition) is 5. The van der Waals surface area contributed by atoms with E-state index < -0.39 is 11.2 Å². The average molecular weight is 300 g/mol. The van der Waals surface area contributed by atoms with Gasteiger partial charge in [-0.1, -0.05) is 0 Å². The number of hydrogen-bond donors (Lipinski definition) is 1. The molecule has 0 saturated carbocycles. The van der Waals surface area contributed by atoms with Gasteiger partial charge in [-0.3, -0.25) is 4.79 Å². The first kappa shape index (κ1) is 17.8. The van der Waals surface area contributed by atoms with Crippen molar-refractivity contribution in [3.05, 3.63) is 0 Å². The molecule has 1 N–H and O–H groups in total. The molecule has 1 rings (SSSR count). The third-order valence-corrected chi connectivity index (χ3v) is 2.80. The van der Waals surface area contributed by atoms with Gasteiger partial charge >= 0.3 is 12.1 Å². The Morgan fingerprint density at radius 1 is 1.10 bits per heavy atom. The lowest BCUT2D eigenvalue weighted by Crippen LogP contribution is -2.55. The van der Waals surface area contributed by atoms with Gasteiger partial charge in [0.2, 0.25) is 0 Å². The van der Waals surface area contributed by atoms with E-state index in [1.54, 1.807) is 4.90 Å². The van der Waals surface area contributed by atoms with Gasteiger partial charge in [0.1, 0.15) is 11.2 Å². The fraction of sp³-hybridized carbons (Fsp3) is 0.867. The summed E-state index contributed by atoms with van der Waals surface area (Å²) in [6.07, 6.45) is -0.207. The van der Waals surface area contributed by atoms with Crippen molar-refractivity contribution in [1.82, 2.24) is 10.2 Å². The van der Waals surface area contributed by atoms with Crippen LogP contribution in [0, 0.1) is 0 Å². The van der Waals surface area contributed by atoms with E-state index in [2.05, 4.69) is 5.32 Å². The molecular weight excluding hydrogens is 272 g/mol. The largest absolute Gasteiger partial charge is 0.460 e. The number of nitrogens with one attached hydrogen (secondary N) is 1. The minimum absolute atomic E-state index is 0.170. The fourth-order valence-corrected chi connectivity index (χ4v) is 2.08. The van der Waals surface area contributed by atoms with Crippen LogP contribution >= 0.6 is 0 Å². The number of piperazine rings is 1. The molecule has 21 heavy (non-hydrogen) atoms. The van der Waals surface area contributed by atoms with E-state index >= 15 is 0 Å². The van der Waals surface area contributed by atoms with Crippen LogP contribution < -0.4 is 5.32 Å². The Morgan fingerprint density at radius 2 is 1.67 bits per heavy atom. The Bertz CT molecular complexity index is 382. The normalized spacial score (nSPS) is 20.1. The molecular formula is C15H28N2O4. The zero-order valence-electron chi connectivity index (χ0n) is 14.0. The molecule has 1 unspecified atom stereocenters. The van der Waals surface area contributed by atoms with E-state index in [4.69, 9.17) is 9.47 Å². The van der Waals surface area contributed by atoms with Crippen molar-refractivity contribution in [2.24, 2.45) is 0 Å². The molecule has 1 aliphatic heterocycles. The molecule has 6 heteroatoms. The van der Waals surface area contributed by atoms with Crippen LogP contribution in [0.1, 0.15) is 48.0 Å². The number of carbonyl (C=O) groups excluding carboxylic acids is 2. The summed E-state index contributed by atoms with van der Waals surface area (Å²) in [5.74, 6) is -0.301. The summed E-state index contributed by atoms with van der Waals surface area (Å²) in [7, 11) is 0. The van der Waals surface area contributed by atoms with Crippen LogP contribution in [0.4, 0.5) is 4.79 Å². The summed E-state index contributed by atoms with van der Waals surface area (Å²) in [6.45, 7) is 12.8. The Balaban J connectivity index is 2.65. The maximum atomic E-state index is 12.2. The highest BCUT2D eigenvalue weighted by atomic mass is 16.6. The van der Waals surface area contributed by atoms with Crippen molar-refractivity contribution in [2.75, 3.05) is 19.6 Å². The van der Waals surface area contributed by atoms with Crippen molar-refractivity contribution in [2.45, 2.75) is 65.2 Å². The van der Waals surface area contributed by atoms with Crippen LogP contribution in [-0.4, -0.2) is 53.8 Å². The third-order valence-electron chi connectivity index (χ3n) is 2.80. The van der Waals surface area contributed by atoms with Gasteiger partial charge < -0.3 is 19.7 Å². The third kappa shape index (κ3) is 6.80. The van der Waals surface area contributed by atoms with Crippen molar-refractivity contribution in [1.29, 1.82) is 0 Å². The van der Waals surface area contributed by atoms with Gasteiger partial charge in [-0.25, -0.2) is 4.79 Å². The van der Waals surface area contributed by atoms with Crippen molar-refractivity contribution >= 4 is 12.1 Å². The average Bonchev–Trinajstić information content (AvgIpc) is 2.24. The maximum Gasteiger partial charge on any atom is 0.410 e. The molecule has 1 fully saturated rings. The van der Waals surface area contributed by atoms with Gasteiger partial charge in [0.15, 0.2) is 0 Å². The second kappa shape index (κ2) is 6.64. The zero-order chi connectivity index (χ0) is 16.3. The lowest BCUT2D eigenvalue weighted by Gasteiger charge is -2.37. The van der Waals surface area contributed by atoms with E-state index in [1.807, 2.05) is 41.5 Å². The monoisotopic (exact) mass is 300 g/mol. The van der Waals surface area contributed by atoms with E-state index in [0.717, 1.165) is 0 Å². The maximum absolute atomic E-state index is 12.2. The topological polar surface area (TPSA) is 67.9 Å². The van der Waals surface area contributed by atoms with E-state index in [-0.39, 0.29) is 24.5 Å². The number of amides is 1. The first-order valence-corrected chi connectivity index (χ1v) is 7.40. The smallest absolute Gasteiger partial charge is 0.410 e. The molecule has 1 aliphatic rings. The van der Waals surface area contributed by atoms with E-state index in [0.29, 0.717) is 19.6 Å². The Morgan fingerprint density at radius 3 is 2.19 bits per heavy atom. The summed E-state index contributed by atoms with van der Waals surface area (Å²) in [4.78, 5) is 25.8. The number of nitrogens with zero attached hydrogens (tertiary/aromatic N) is 1. The second-order valence-electron chi connectivity index (χ2n) is 7.32. The minimum atomic E-state index is -0.543. The van der Waals surface area contributed by atoms with Crippen LogP contribution in [0.15, 0.2) is 0 Å². The molecule has 1 heterocycles. The molecule has 6 nitrogen and oxygen atoms in total. The van der Waals surface area contributed by atoms with Crippen LogP contribution in [0.5, 0.6) is 0 Å². The summed E-state index contributed by atoms with van der Waals surface area (Å²) in [6, 6.07) is -0.233. The zero-order valence-corrected chi connectivity index (χ0v) is 14.0. The number of rotatable bonds is 2. The quantitative estimate of drug-likeness (QED) is 0.789. The second-order valence-corrected chi connectivity index (χ2v) is 7.32. The van der Waals surface area contributed by atoms with Gasteiger partial charge in [0.25, 0.3) is 0 Å². The van der Waals surface area contributed by atoms with Crippen LogP contribution in [-0.2, 0) is 14.3 Å². The number of ether oxygens (including phenoxy) is 2. The predicted molar refractivity (Wildman–Crippen MR) is 80.1 cm³/mol. The first-order chi connectivity index (χ1) is 9.48. The van der Waals surface area contributed by atoms with Crippen molar-refractivity contribution < 1.29 is 19.1 Å². The molecule has 0 aromatic carbocycles. The van der Waals surface area contributed by atoms with Gasteiger partial charge in [-0.05, 0) is 41.5 Å². The van der Waals surface area contributed by atoms with E-state index in [1.165, 1.54) is 0 Å². The molecule has 0 radical (unpaired) electrons.